The van der Waals surface area contributed by atoms with Crippen LogP contribution in [0.4, 0.5) is 5.69 Å². The van der Waals surface area contributed by atoms with E-state index in [0.29, 0.717) is 6.04 Å². The molecule has 2 aliphatic heterocycles. The van der Waals surface area contributed by atoms with Gasteiger partial charge in [-0.2, -0.15) is 0 Å². The van der Waals surface area contributed by atoms with Crippen LogP contribution in [-0.4, -0.2) is 31.8 Å². The number of rotatable bonds is 2. The monoisotopic (exact) mass is 232 g/mol. The van der Waals surface area contributed by atoms with Crippen molar-refractivity contribution in [1.29, 1.82) is 0 Å². The summed E-state index contributed by atoms with van der Waals surface area (Å²) in [6.07, 6.45) is 1.20. The summed E-state index contributed by atoms with van der Waals surface area (Å²) in [5.74, 6) is 0. The van der Waals surface area contributed by atoms with Crippen LogP contribution in [0.5, 0.6) is 0 Å². The smallest absolute Gasteiger partial charge is 0.119 e. The molecular weight excluding hydrogens is 212 g/mol. The van der Waals surface area contributed by atoms with Crippen molar-refractivity contribution in [2.24, 2.45) is 0 Å². The van der Waals surface area contributed by atoms with E-state index >= 15 is 0 Å². The number of hydrogen-bond acceptors (Lipinski definition) is 3. The molecule has 0 saturated carbocycles. The Hall–Kier alpha value is -1.06. The molecule has 0 N–H and O–H groups in total. The molecule has 1 atom stereocenters. The van der Waals surface area contributed by atoms with Crippen LogP contribution < -0.4 is 4.90 Å². The summed E-state index contributed by atoms with van der Waals surface area (Å²) in [7, 11) is 2.22. The maximum Gasteiger partial charge on any atom is 0.119 e. The van der Waals surface area contributed by atoms with Gasteiger partial charge in [-0.05, 0) is 25.6 Å². The first-order chi connectivity index (χ1) is 8.31. The number of para-hydroxylation sites is 1. The van der Waals surface area contributed by atoms with Gasteiger partial charge in [-0.25, -0.2) is 0 Å². The van der Waals surface area contributed by atoms with Crippen molar-refractivity contribution in [3.63, 3.8) is 0 Å². The van der Waals surface area contributed by atoms with E-state index in [4.69, 9.17) is 4.74 Å². The topological polar surface area (TPSA) is 15.7 Å². The van der Waals surface area contributed by atoms with Gasteiger partial charge in [-0.3, -0.25) is 4.90 Å². The molecule has 2 heterocycles. The zero-order valence-corrected chi connectivity index (χ0v) is 10.6. The Morgan fingerprint density at radius 3 is 3.18 bits per heavy atom. The molecular formula is C14H20N2O. The van der Waals surface area contributed by atoms with E-state index in [9.17, 15) is 0 Å². The van der Waals surface area contributed by atoms with E-state index in [0.717, 1.165) is 26.4 Å². The van der Waals surface area contributed by atoms with E-state index < -0.39 is 0 Å². The fraction of sp³-hybridized carbons (Fsp3) is 0.571. The number of hydrogen-bond donors (Lipinski definition) is 0. The molecule has 0 radical (unpaired) electrons. The fourth-order valence-electron chi connectivity index (χ4n) is 3.00. The molecule has 1 aromatic rings. The Bertz CT molecular complexity index is 419. The highest BCUT2D eigenvalue weighted by molar-refractivity contribution is 5.63. The molecule has 3 heteroatoms. The highest BCUT2D eigenvalue weighted by Gasteiger charge is 2.30. The van der Waals surface area contributed by atoms with Crippen LogP contribution in [0.3, 0.4) is 0 Å². The standard InChI is InChI=1S/C14H20N2O/c1-3-15(2)13-7-8-16-10-17-9-11-5-4-6-12(13)14(11)16/h4-6,13H,3,7-10H2,1-2H3. The van der Waals surface area contributed by atoms with Gasteiger partial charge in [0.15, 0.2) is 0 Å². The van der Waals surface area contributed by atoms with Crippen LogP contribution in [0.2, 0.25) is 0 Å². The predicted molar refractivity (Wildman–Crippen MR) is 69.1 cm³/mol. The number of benzene rings is 1. The number of ether oxygens (including phenoxy) is 1. The van der Waals surface area contributed by atoms with Gasteiger partial charge in [0, 0.05) is 23.8 Å². The molecule has 1 unspecified atom stereocenters. The SMILES string of the molecule is CCN(C)C1CCN2COCc3cccc1c32. The van der Waals surface area contributed by atoms with Crippen LogP contribution >= 0.6 is 0 Å². The van der Waals surface area contributed by atoms with Crippen molar-refractivity contribution in [2.75, 3.05) is 31.8 Å². The molecule has 3 nitrogen and oxygen atoms in total. The second-order valence-electron chi connectivity index (χ2n) is 4.97. The van der Waals surface area contributed by atoms with Crippen LogP contribution in [0.15, 0.2) is 18.2 Å². The van der Waals surface area contributed by atoms with Gasteiger partial charge in [0.05, 0.1) is 6.61 Å². The Morgan fingerprint density at radius 1 is 1.47 bits per heavy atom. The second-order valence-corrected chi connectivity index (χ2v) is 4.97. The third-order valence-corrected chi connectivity index (χ3v) is 4.03. The number of nitrogens with zero attached hydrogens (tertiary/aromatic N) is 2. The van der Waals surface area contributed by atoms with Crippen LogP contribution in [-0.2, 0) is 11.3 Å². The largest absolute Gasteiger partial charge is 0.356 e. The molecule has 0 amide bonds. The molecule has 1 aromatic carbocycles. The van der Waals surface area contributed by atoms with Gasteiger partial charge >= 0.3 is 0 Å². The molecule has 0 saturated heterocycles. The fourth-order valence-corrected chi connectivity index (χ4v) is 3.00. The average molecular weight is 232 g/mol. The lowest BCUT2D eigenvalue weighted by Gasteiger charge is -2.42. The molecule has 0 spiro atoms. The molecule has 92 valence electrons. The Labute approximate surface area is 103 Å². The van der Waals surface area contributed by atoms with Gasteiger partial charge < -0.3 is 9.64 Å². The maximum absolute atomic E-state index is 5.62. The minimum absolute atomic E-state index is 0.573. The molecule has 0 fully saturated rings. The quantitative estimate of drug-likeness (QED) is 0.778. The van der Waals surface area contributed by atoms with Crippen molar-refractivity contribution >= 4 is 5.69 Å². The molecule has 17 heavy (non-hydrogen) atoms. The molecule has 0 aromatic heterocycles. The van der Waals surface area contributed by atoms with E-state index in [-0.39, 0.29) is 0 Å². The van der Waals surface area contributed by atoms with Crippen molar-refractivity contribution in [3.8, 4) is 0 Å². The van der Waals surface area contributed by atoms with E-state index in [2.05, 4.69) is 42.0 Å². The Morgan fingerprint density at radius 2 is 2.35 bits per heavy atom. The van der Waals surface area contributed by atoms with Crippen molar-refractivity contribution in [1.82, 2.24) is 4.90 Å². The summed E-state index contributed by atoms with van der Waals surface area (Å²) in [6.45, 7) is 5.96. The number of anilines is 1. The average Bonchev–Trinajstić information content (AvgIpc) is 2.39. The van der Waals surface area contributed by atoms with E-state index in [1.165, 1.54) is 23.2 Å². The first-order valence-corrected chi connectivity index (χ1v) is 6.46. The summed E-state index contributed by atoms with van der Waals surface area (Å²) >= 11 is 0. The van der Waals surface area contributed by atoms with E-state index in [1.54, 1.807) is 0 Å². The first-order valence-electron chi connectivity index (χ1n) is 6.46. The van der Waals surface area contributed by atoms with Crippen LogP contribution in [0.25, 0.3) is 0 Å². The highest BCUT2D eigenvalue weighted by Crippen LogP contribution is 2.40. The van der Waals surface area contributed by atoms with Crippen molar-refractivity contribution in [3.05, 3.63) is 29.3 Å². The van der Waals surface area contributed by atoms with Gasteiger partial charge in [-0.1, -0.05) is 25.1 Å². The van der Waals surface area contributed by atoms with Crippen LogP contribution in [0.1, 0.15) is 30.5 Å². The zero-order chi connectivity index (χ0) is 11.8. The van der Waals surface area contributed by atoms with Gasteiger partial charge in [0.2, 0.25) is 0 Å². The Kier molecular flexibility index (Phi) is 2.81. The third kappa shape index (κ3) is 1.74. The second kappa shape index (κ2) is 4.31. The lowest BCUT2D eigenvalue weighted by molar-refractivity contribution is 0.104. The highest BCUT2D eigenvalue weighted by atomic mass is 16.5. The summed E-state index contributed by atoms with van der Waals surface area (Å²) in [5, 5.41) is 0. The van der Waals surface area contributed by atoms with Crippen molar-refractivity contribution < 1.29 is 4.74 Å². The summed E-state index contributed by atoms with van der Waals surface area (Å²) in [6, 6.07) is 7.22. The minimum Gasteiger partial charge on any atom is -0.356 e. The molecule has 2 aliphatic rings. The van der Waals surface area contributed by atoms with Gasteiger partial charge in [0.1, 0.15) is 6.73 Å². The normalized spacial score (nSPS) is 22.8. The lowest BCUT2D eigenvalue weighted by atomic mass is 9.92. The third-order valence-electron chi connectivity index (χ3n) is 4.03. The summed E-state index contributed by atoms with van der Waals surface area (Å²) in [5.41, 5.74) is 4.28. The van der Waals surface area contributed by atoms with Gasteiger partial charge in [-0.15, -0.1) is 0 Å². The van der Waals surface area contributed by atoms with Crippen molar-refractivity contribution in [2.45, 2.75) is 26.0 Å². The summed E-state index contributed by atoms with van der Waals surface area (Å²) in [4.78, 5) is 4.83. The minimum atomic E-state index is 0.573. The first kappa shape index (κ1) is 11.1. The Balaban J connectivity index is 2.06. The maximum atomic E-state index is 5.62. The lowest BCUT2D eigenvalue weighted by Crippen LogP contribution is -2.40. The van der Waals surface area contributed by atoms with Gasteiger partial charge in [0.25, 0.3) is 0 Å². The molecule has 3 rings (SSSR count). The molecule has 0 aliphatic carbocycles. The van der Waals surface area contributed by atoms with Crippen LogP contribution in [0, 0.1) is 0 Å². The van der Waals surface area contributed by atoms with E-state index in [1.807, 2.05) is 0 Å². The predicted octanol–water partition coefficient (Wildman–Crippen LogP) is 2.38. The zero-order valence-electron chi connectivity index (χ0n) is 10.6. The molecule has 0 bridgehead atoms. The summed E-state index contributed by atoms with van der Waals surface area (Å²) < 4.78 is 5.62.